The summed E-state index contributed by atoms with van der Waals surface area (Å²) in [5, 5.41) is 6.36. The fraction of sp³-hybridized carbons (Fsp3) is 0.439. The molecule has 5 heterocycles. The van der Waals surface area contributed by atoms with E-state index in [9.17, 15) is 19.2 Å². The number of amides is 4. The normalized spacial score (nSPS) is 18.1. The number of aromatic amines is 2. The molecule has 15 heteroatoms. The van der Waals surface area contributed by atoms with Gasteiger partial charge in [-0.05, 0) is 67.9 Å². The number of imidazole rings is 2. The standard InChI is InChI=1S/C41H49N9O6/c1-22(2)34(47-40(53)55-5)38(51)49-17-7-9-32(49)36-42-21-31(46-36)25-12-15-27-24(19-25)11-14-28(43-27)26-13-16-29-30(20-26)45-37(44-29)33-10-8-18-50(33)39(52)35(23(3)4)48-41(54)56-6/h11-16,19-23,32-35H,7-10,17-18H2,1-6H3,(H,42,46)(H,44,45)(H,47,53)(H,48,54). The van der Waals surface area contributed by atoms with Crippen LogP contribution in [0.15, 0.2) is 54.7 Å². The van der Waals surface area contributed by atoms with Gasteiger partial charge in [0.1, 0.15) is 23.7 Å². The number of H-pyrrole nitrogens is 2. The third kappa shape index (κ3) is 7.62. The van der Waals surface area contributed by atoms with Crippen LogP contribution in [-0.2, 0) is 19.1 Å². The molecule has 4 atom stereocenters. The largest absolute Gasteiger partial charge is 0.453 e. The van der Waals surface area contributed by atoms with Gasteiger partial charge in [0, 0.05) is 29.6 Å². The van der Waals surface area contributed by atoms with E-state index in [1.165, 1.54) is 14.2 Å². The van der Waals surface area contributed by atoms with Gasteiger partial charge in [-0.1, -0.05) is 45.9 Å². The molecular formula is C41H49N9O6. The highest BCUT2D eigenvalue weighted by molar-refractivity contribution is 5.89. The van der Waals surface area contributed by atoms with Gasteiger partial charge in [-0.2, -0.15) is 0 Å². The first kappa shape index (κ1) is 38.3. The zero-order valence-corrected chi connectivity index (χ0v) is 32.6. The molecule has 294 valence electrons. The van der Waals surface area contributed by atoms with Crippen LogP contribution in [0.4, 0.5) is 9.59 Å². The number of carbonyl (C=O) groups excluding carboxylic acids is 4. The van der Waals surface area contributed by atoms with Gasteiger partial charge in [0.25, 0.3) is 0 Å². The second-order valence-corrected chi connectivity index (χ2v) is 15.2. The number of likely N-dealkylation sites (tertiary alicyclic amines) is 2. The van der Waals surface area contributed by atoms with Gasteiger partial charge < -0.3 is 39.9 Å². The predicted octanol–water partition coefficient (Wildman–Crippen LogP) is 6.26. The maximum Gasteiger partial charge on any atom is 0.407 e. The number of methoxy groups -OCH3 is 2. The number of hydrogen-bond donors (Lipinski definition) is 4. The van der Waals surface area contributed by atoms with E-state index in [4.69, 9.17) is 24.4 Å². The highest BCUT2D eigenvalue weighted by atomic mass is 16.5. The first-order valence-corrected chi connectivity index (χ1v) is 19.2. The molecule has 0 saturated carbocycles. The summed E-state index contributed by atoms with van der Waals surface area (Å²) in [5.74, 6) is 0.896. The van der Waals surface area contributed by atoms with Gasteiger partial charge in [-0.15, -0.1) is 0 Å². The molecule has 2 aliphatic heterocycles. The Morgan fingerprint density at radius 2 is 1.30 bits per heavy atom. The average Bonchev–Trinajstić information content (AvgIpc) is 4.03. The monoisotopic (exact) mass is 763 g/mol. The number of rotatable bonds is 10. The van der Waals surface area contributed by atoms with Gasteiger partial charge in [0.05, 0.1) is 60.4 Å². The predicted molar refractivity (Wildman–Crippen MR) is 210 cm³/mol. The number of benzene rings is 2. The third-order valence-electron chi connectivity index (χ3n) is 10.9. The van der Waals surface area contributed by atoms with Crippen LogP contribution in [0.1, 0.15) is 77.1 Å². The molecular weight excluding hydrogens is 715 g/mol. The molecule has 3 aromatic heterocycles. The number of nitrogens with one attached hydrogen (secondary N) is 4. The molecule has 4 amide bonds. The van der Waals surface area contributed by atoms with Crippen LogP contribution in [-0.4, -0.2) is 98.1 Å². The van der Waals surface area contributed by atoms with E-state index < -0.39 is 24.3 Å². The molecule has 0 spiro atoms. The van der Waals surface area contributed by atoms with E-state index in [2.05, 4.69) is 26.7 Å². The Balaban J connectivity index is 1.07. The lowest BCUT2D eigenvalue weighted by Gasteiger charge is -2.30. The number of fused-ring (bicyclic) bond motifs is 2. The first-order chi connectivity index (χ1) is 26.9. The van der Waals surface area contributed by atoms with E-state index in [0.717, 1.165) is 70.1 Å². The number of pyridine rings is 1. The summed E-state index contributed by atoms with van der Waals surface area (Å²) in [7, 11) is 2.57. The fourth-order valence-corrected chi connectivity index (χ4v) is 7.84. The van der Waals surface area contributed by atoms with Crippen molar-refractivity contribution in [1.29, 1.82) is 0 Å². The van der Waals surface area contributed by atoms with Crippen LogP contribution in [0.3, 0.4) is 0 Å². The quantitative estimate of drug-likeness (QED) is 0.127. The number of nitrogens with zero attached hydrogens (tertiary/aromatic N) is 5. The summed E-state index contributed by atoms with van der Waals surface area (Å²) < 4.78 is 9.53. The van der Waals surface area contributed by atoms with Crippen LogP contribution in [0.25, 0.3) is 44.5 Å². The lowest BCUT2D eigenvalue weighted by atomic mass is 10.0. The van der Waals surface area contributed by atoms with E-state index >= 15 is 0 Å². The molecule has 7 rings (SSSR count). The maximum absolute atomic E-state index is 13.6. The topological polar surface area (TPSA) is 188 Å². The average molecular weight is 764 g/mol. The summed E-state index contributed by atoms with van der Waals surface area (Å²) in [4.78, 5) is 76.2. The maximum atomic E-state index is 13.6. The summed E-state index contributed by atoms with van der Waals surface area (Å²) in [6.07, 6.45) is 3.74. The van der Waals surface area contributed by atoms with Crippen LogP contribution in [0.5, 0.6) is 0 Å². The van der Waals surface area contributed by atoms with E-state index in [1.54, 1.807) is 11.1 Å². The minimum atomic E-state index is -0.701. The number of hydrogen-bond acceptors (Lipinski definition) is 9. The molecule has 2 saturated heterocycles. The van der Waals surface area contributed by atoms with Crippen LogP contribution >= 0.6 is 0 Å². The minimum Gasteiger partial charge on any atom is -0.453 e. The van der Waals surface area contributed by atoms with Crippen molar-refractivity contribution in [1.82, 2.24) is 45.4 Å². The summed E-state index contributed by atoms with van der Waals surface area (Å²) in [5.41, 5.74) is 5.99. The molecule has 0 aliphatic carbocycles. The Hall–Kier alpha value is -5.99. The molecule has 15 nitrogen and oxygen atoms in total. The minimum absolute atomic E-state index is 0.113. The molecule has 4 N–H and O–H groups in total. The van der Waals surface area contributed by atoms with Crippen molar-refractivity contribution in [2.24, 2.45) is 11.8 Å². The van der Waals surface area contributed by atoms with E-state index in [0.29, 0.717) is 24.7 Å². The Labute approximate surface area is 324 Å². The van der Waals surface area contributed by atoms with Crippen molar-refractivity contribution in [3.8, 4) is 22.5 Å². The van der Waals surface area contributed by atoms with Crippen LogP contribution in [0, 0.1) is 11.8 Å². The Morgan fingerprint density at radius 3 is 1.91 bits per heavy atom. The lowest BCUT2D eigenvalue weighted by molar-refractivity contribution is -0.136. The highest BCUT2D eigenvalue weighted by Gasteiger charge is 2.39. The van der Waals surface area contributed by atoms with Crippen molar-refractivity contribution >= 4 is 45.9 Å². The van der Waals surface area contributed by atoms with Gasteiger partial charge in [0.2, 0.25) is 11.8 Å². The fourth-order valence-electron chi connectivity index (χ4n) is 7.84. The second-order valence-electron chi connectivity index (χ2n) is 15.2. The lowest BCUT2D eigenvalue weighted by Crippen LogP contribution is -2.51. The van der Waals surface area contributed by atoms with Crippen LogP contribution in [0.2, 0.25) is 0 Å². The van der Waals surface area contributed by atoms with E-state index in [1.807, 2.05) is 75.1 Å². The van der Waals surface area contributed by atoms with Gasteiger partial charge in [-0.3, -0.25) is 9.59 Å². The number of carbonyl (C=O) groups is 4. The van der Waals surface area contributed by atoms with Gasteiger partial charge in [-0.25, -0.2) is 24.5 Å². The molecule has 56 heavy (non-hydrogen) atoms. The van der Waals surface area contributed by atoms with Crippen molar-refractivity contribution in [3.63, 3.8) is 0 Å². The smallest absolute Gasteiger partial charge is 0.407 e. The van der Waals surface area contributed by atoms with Crippen molar-refractivity contribution < 1.29 is 28.7 Å². The number of aromatic nitrogens is 5. The summed E-state index contributed by atoms with van der Waals surface area (Å²) >= 11 is 0. The SMILES string of the molecule is COC(=O)NC(C(=O)N1CCCC1c1ncc(-c2ccc3nc(-c4ccc5nc(C6CCCN6C(=O)C(NC(=O)OC)C(C)C)[nH]c5c4)ccc3c2)[nH]1)C(C)C. The molecule has 4 unspecified atom stereocenters. The number of ether oxygens (including phenoxy) is 2. The van der Waals surface area contributed by atoms with E-state index in [-0.39, 0.29) is 35.7 Å². The molecule has 5 aromatic rings. The summed E-state index contributed by atoms with van der Waals surface area (Å²) in [6, 6.07) is 14.3. The number of alkyl carbamates (subject to hydrolysis) is 2. The zero-order valence-electron chi connectivity index (χ0n) is 32.6. The molecule has 0 radical (unpaired) electrons. The first-order valence-electron chi connectivity index (χ1n) is 19.2. The third-order valence-corrected chi connectivity index (χ3v) is 10.9. The van der Waals surface area contributed by atoms with Crippen molar-refractivity contribution in [2.45, 2.75) is 77.5 Å². The summed E-state index contributed by atoms with van der Waals surface area (Å²) in [6.45, 7) is 8.76. The Bertz CT molecular complexity index is 2260. The molecule has 2 aromatic carbocycles. The highest BCUT2D eigenvalue weighted by Crippen LogP contribution is 2.35. The van der Waals surface area contributed by atoms with Gasteiger partial charge in [0.15, 0.2) is 0 Å². The zero-order chi connectivity index (χ0) is 39.7. The van der Waals surface area contributed by atoms with Crippen molar-refractivity contribution in [2.75, 3.05) is 27.3 Å². The molecule has 2 aliphatic rings. The molecule has 2 fully saturated rings. The van der Waals surface area contributed by atoms with Gasteiger partial charge >= 0.3 is 12.2 Å². The van der Waals surface area contributed by atoms with Crippen LogP contribution < -0.4 is 10.6 Å². The second kappa shape index (κ2) is 16.0. The van der Waals surface area contributed by atoms with Crippen molar-refractivity contribution in [3.05, 3.63) is 66.4 Å². The molecule has 0 bridgehead atoms. The Morgan fingerprint density at radius 1 is 0.714 bits per heavy atom. The Kier molecular flexibility index (Phi) is 10.9.